The molecule has 0 spiro atoms. The van der Waals surface area contributed by atoms with Crippen molar-refractivity contribution >= 4 is 16.4 Å². The van der Waals surface area contributed by atoms with Crippen LogP contribution < -0.4 is 34.7 Å². The van der Waals surface area contributed by atoms with Gasteiger partial charge in [-0.3, -0.25) is 9.11 Å². The molecule has 0 bridgehead atoms. The Hall–Kier alpha value is 0.0800. The van der Waals surface area contributed by atoms with E-state index in [-0.39, 0.29) is 41.4 Å². The number of carbonyl (C=O) groups excluding carboxylic acids is 1. The van der Waals surface area contributed by atoms with Crippen LogP contribution in [-0.4, -0.2) is 23.5 Å². The summed E-state index contributed by atoms with van der Waals surface area (Å²) in [4.78, 5) is 11.0. The number of unbranched alkanes of at least 4 members (excludes halogenated alkanes) is 10. The van der Waals surface area contributed by atoms with Crippen LogP contribution in [0.4, 0.5) is 0 Å². The first-order valence-electron chi connectivity index (χ1n) is 10.6. The first kappa shape index (κ1) is 33.7. The minimum atomic E-state index is -4.67. The number of rotatable bonds is 16. The molecule has 0 saturated carbocycles. The van der Waals surface area contributed by atoms with Gasteiger partial charge in [0.1, 0.15) is 0 Å². The quantitative estimate of drug-likeness (QED) is 0.163. The van der Waals surface area contributed by atoms with Crippen molar-refractivity contribution < 1.29 is 57.0 Å². The third-order valence-corrected chi connectivity index (χ3v) is 4.63. The van der Waals surface area contributed by atoms with E-state index in [1.54, 1.807) is 0 Å². The Kier molecular flexibility index (Phi) is 26.5. The molecule has 1 unspecified atom stereocenters. The zero-order valence-corrected chi connectivity index (χ0v) is 21.8. The van der Waals surface area contributed by atoms with Crippen molar-refractivity contribution in [2.45, 2.75) is 104 Å². The second-order valence-corrected chi connectivity index (χ2v) is 8.53. The molecule has 0 fully saturated rings. The molecule has 0 aromatic heterocycles. The van der Waals surface area contributed by atoms with Gasteiger partial charge >= 0.3 is 40.0 Å². The summed E-state index contributed by atoms with van der Waals surface area (Å²) in [7, 11) is -4.67. The molecule has 2 N–H and O–H groups in total. The fraction of sp³-hybridized carbons (Fsp3) is 0.857. The molecular formula is C21H41NaO6S. The predicted molar refractivity (Wildman–Crippen MR) is 112 cm³/mol. The van der Waals surface area contributed by atoms with Crippen molar-refractivity contribution in [1.29, 1.82) is 0 Å². The van der Waals surface area contributed by atoms with Gasteiger partial charge in [-0.15, -0.1) is 0 Å². The SMILES string of the molecule is CCCCCCCCC=CCCCCCCC(C(=O)[O-])C(C)C.O=S(=O)(O)O.[Na+]. The molecule has 0 aromatic rings. The number of allylic oxidation sites excluding steroid dienone is 2. The third kappa shape index (κ3) is 32.9. The number of aliphatic carboxylic acids is 1. The van der Waals surface area contributed by atoms with Crippen LogP contribution >= 0.6 is 0 Å². The average Bonchev–Trinajstić information content (AvgIpc) is 2.56. The van der Waals surface area contributed by atoms with E-state index in [1.165, 1.54) is 64.2 Å². The summed E-state index contributed by atoms with van der Waals surface area (Å²) in [5, 5.41) is 11.0. The molecular weight excluding hydrogens is 403 g/mol. The van der Waals surface area contributed by atoms with Gasteiger partial charge in [0.2, 0.25) is 0 Å². The van der Waals surface area contributed by atoms with Crippen molar-refractivity contribution in [3.05, 3.63) is 12.2 Å². The molecule has 0 aliphatic carbocycles. The number of hydrogen-bond donors (Lipinski definition) is 2. The molecule has 168 valence electrons. The Morgan fingerprint density at radius 3 is 1.62 bits per heavy atom. The summed E-state index contributed by atoms with van der Waals surface area (Å²) in [5.74, 6) is -0.963. The Labute approximate surface area is 200 Å². The normalized spacial score (nSPS) is 12.3. The zero-order valence-electron chi connectivity index (χ0n) is 18.9. The van der Waals surface area contributed by atoms with Crippen LogP contribution in [0.15, 0.2) is 12.2 Å². The van der Waals surface area contributed by atoms with E-state index in [2.05, 4.69) is 19.1 Å². The van der Waals surface area contributed by atoms with Gasteiger partial charge < -0.3 is 9.90 Å². The molecule has 0 rings (SSSR count). The molecule has 0 aromatic carbocycles. The van der Waals surface area contributed by atoms with Crippen LogP contribution in [0, 0.1) is 11.8 Å². The largest absolute Gasteiger partial charge is 1.00 e. The van der Waals surface area contributed by atoms with Crippen molar-refractivity contribution in [3.63, 3.8) is 0 Å². The summed E-state index contributed by atoms with van der Waals surface area (Å²) in [6.45, 7) is 6.19. The Morgan fingerprint density at radius 2 is 1.24 bits per heavy atom. The van der Waals surface area contributed by atoms with E-state index in [1.807, 2.05) is 13.8 Å². The van der Waals surface area contributed by atoms with E-state index in [0.717, 1.165) is 19.3 Å². The molecule has 6 nitrogen and oxygen atoms in total. The van der Waals surface area contributed by atoms with Gasteiger partial charge in [0.05, 0.1) is 0 Å². The monoisotopic (exact) mass is 444 g/mol. The van der Waals surface area contributed by atoms with Gasteiger partial charge in [-0.1, -0.05) is 84.3 Å². The third-order valence-electron chi connectivity index (χ3n) is 4.63. The first-order valence-corrected chi connectivity index (χ1v) is 12.0. The van der Waals surface area contributed by atoms with Gasteiger partial charge in [-0.25, -0.2) is 0 Å². The predicted octanol–water partition coefficient (Wildman–Crippen LogP) is 2.01. The Balaban J connectivity index is -0.000000997. The molecule has 0 amide bonds. The van der Waals surface area contributed by atoms with Gasteiger partial charge in [0, 0.05) is 11.9 Å². The van der Waals surface area contributed by atoms with E-state index >= 15 is 0 Å². The van der Waals surface area contributed by atoms with E-state index in [4.69, 9.17) is 17.5 Å². The topological polar surface area (TPSA) is 115 Å². The number of carboxylic acids is 1. The maximum Gasteiger partial charge on any atom is 1.00 e. The van der Waals surface area contributed by atoms with Crippen molar-refractivity contribution in [1.82, 2.24) is 0 Å². The molecule has 0 aliphatic heterocycles. The Morgan fingerprint density at radius 1 is 0.862 bits per heavy atom. The maximum absolute atomic E-state index is 11.0. The summed E-state index contributed by atoms with van der Waals surface area (Å²) in [6, 6.07) is 0. The minimum absolute atomic E-state index is 0. The molecule has 0 aliphatic rings. The van der Waals surface area contributed by atoms with Gasteiger partial charge in [0.15, 0.2) is 0 Å². The standard InChI is InChI=1S/C21H40O2.Na.H2O4S/c1-4-5-6-7-8-9-10-11-12-13-14-15-16-17-18-20(19(2)3)21(22)23;;1-5(2,3)4/h11-12,19-20H,4-10,13-18H2,1-3H3,(H,22,23);;(H2,1,2,3,4)/q;+1;/p-1. The fourth-order valence-corrected chi connectivity index (χ4v) is 2.98. The van der Waals surface area contributed by atoms with Gasteiger partial charge in [-0.05, 0) is 38.0 Å². The molecule has 0 radical (unpaired) electrons. The maximum atomic E-state index is 11.0. The fourth-order valence-electron chi connectivity index (χ4n) is 2.98. The average molecular weight is 445 g/mol. The van der Waals surface area contributed by atoms with Crippen LogP contribution in [0.25, 0.3) is 0 Å². The smallest absolute Gasteiger partial charge is 0.550 e. The number of carbonyl (C=O) groups is 1. The van der Waals surface area contributed by atoms with Crippen molar-refractivity contribution in [3.8, 4) is 0 Å². The zero-order chi connectivity index (χ0) is 21.8. The van der Waals surface area contributed by atoms with Crippen LogP contribution in [0.1, 0.15) is 104 Å². The number of carboxylic acid groups (broad SMARTS) is 1. The van der Waals surface area contributed by atoms with E-state index in [9.17, 15) is 9.90 Å². The summed E-state index contributed by atoms with van der Waals surface area (Å²) in [6.07, 6.45) is 20.6. The van der Waals surface area contributed by atoms with Crippen LogP contribution in [0.2, 0.25) is 0 Å². The molecule has 8 heteroatoms. The van der Waals surface area contributed by atoms with Gasteiger partial charge in [-0.2, -0.15) is 8.42 Å². The Bertz CT molecular complexity index is 483. The first-order chi connectivity index (χ1) is 13.1. The molecule has 1 atom stereocenters. The van der Waals surface area contributed by atoms with Crippen LogP contribution in [0.3, 0.4) is 0 Å². The second kappa shape index (κ2) is 22.8. The van der Waals surface area contributed by atoms with E-state index < -0.39 is 16.4 Å². The summed E-state index contributed by atoms with van der Waals surface area (Å²) in [5.41, 5.74) is 0. The molecule has 0 saturated heterocycles. The second-order valence-electron chi connectivity index (χ2n) is 7.64. The number of hydrogen-bond acceptors (Lipinski definition) is 4. The summed E-state index contributed by atoms with van der Waals surface area (Å²) < 4.78 is 31.6. The van der Waals surface area contributed by atoms with Crippen molar-refractivity contribution in [2.24, 2.45) is 11.8 Å². The minimum Gasteiger partial charge on any atom is -0.550 e. The van der Waals surface area contributed by atoms with Crippen molar-refractivity contribution in [2.75, 3.05) is 0 Å². The van der Waals surface area contributed by atoms with E-state index in [0.29, 0.717) is 0 Å². The molecule has 29 heavy (non-hydrogen) atoms. The van der Waals surface area contributed by atoms with Gasteiger partial charge in [0.25, 0.3) is 0 Å². The van der Waals surface area contributed by atoms with Crippen LogP contribution in [0.5, 0.6) is 0 Å². The molecule has 0 heterocycles. The van der Waals surface area contributed by atoms with Crippen LogP contribution in [-0.2, 0) is 15.2 Å². The summed E-state index contributed by atoms with van der Waals surface area (Å²) >= 11 is 0.